The molecule has 2 rings (SSSR count). The van der Waals surface area contributed by atoms with E-state index in [1.807, 2.05) is 18.3 Å². The fraction of sp³-hybridized carbons (Fsp3) is 0.438. The van der Waals surface area contributed by atoms with Crippen molar-refractivity contribution in [2.24, 2.45) is 0 Å². The highest BCUT2D eigenvalue weighted by Crippen LogP contribution is 2.17. The molecule has 0 aliphatic carbocycles. The Kier molecular flexibility index (Phi) is 5.09. The summed E-state index contributed by atoms with van der Waals surface area (Å²) in [6.45, 7) is 4.32. The van der Waals surface area contributed by atoms with Gasteiger partial charge >= 0.3 is 5.97 Å². The summed E-state index contributed by atoms with van der Waals surface area (Å²) in [7, 11) is 0. The molecule has 0 atom stereocenters. The molecule has 0 saturated carbocycles. The lowest BCUT2D eigenvalue weighted by Crippen LogP contribution is -1.97. The second-order valence-electron chi connectivity index (χ2n) is 5.50. The van der Waals surface area contributed by atoms with Gasteiger partial charge in [0.2, 0.25) is 0 Å². The number of unbranched alkanes of at least 4 members (excludes halogenated alkanes) is 1. The van der Waals surface area contributed by atoms with Gasteiger partial charge in [0.1, 0.15) is 0 Å². The van der Waals surface area contributed by atoms with E-state index in [4.69, 9.17) is 5.11 Å². The van der Waals surface area contributed by atoms with Crippen LogP contribution in [0.1, 0.15) is 50.3 Å². The number of carbonyl (C=O) groups is 1. The van der Waals surface area contributed by atoms with Gasteiger partial charge in [0.15, 0.2) is 0 Å². The van der Waals surface area contributed by atoms with Crippen LogP contribution in [0.5, 0.6) is 0 Å². The van der Waals surface area contributed by atoms with Gasteiger partial charge in [-0.15, -0.1) is 5.10 Å². The molecule has 1 aromatic carbocycles. The zero-order valence-electron chi connectivity index (χ0n) is 12.5. The number of hydrogen-bond acceptors (Lipinski definition) is 3. The number of carboxylic acid groups (broad SMARTS) is 1. The number of aromatic nitrogens is 3. The monoisotopic (exact) mass is 287 g/mol. The highest BCUT2D eigenvalue weighted by atomic mass is 16.4. The molecule has 0 unspecified atom stereocenters. The Labute approximate surface area is 124 Å². The van der Waals surface area contributed by atoms with Crippen LogP contribution < -0.4 is 0 Å². The van der Waals surface area contributed by atoms with Gasteiger partial charge in [-0.3, -0.25) is 4.79 Å². The lowest BCUT2D eigenvalue weighted by molar-refractivity contribution is -0.137. The predicted molar refractivity (Wildman–Crippen MR) is 80.6 cm³/mol. The summed E-state index contributed by atoms with van der Waals surface area (Å²) in [5, 5.41) is 16.9. The van der Waals surface area contributed by atoms with Gasteiger partial charge in [-0.1, -0.05) is 31.2 Å². The molecule has 0 bridgehead atoms. The molecule has 2 aromatic rings. The van der Waals surface area contributed by atoms with Crippen molar-refractivity contribution in [2.45, 2.75) is 45.4 Å². The van der Waals surface area contributed by atoms with Crippen molar-refractivity contribution in [1.29, 1.82) is 0 Å². The zero-order chi connectivity index (χ0) is 15.2. The molecule has 0 radical (unpaired) electrons. The summed E-state index contributed by atoms with van der Waals surface area (Å²) < 4.78 is 1.78. The SMILES string of the molecule is CC(C)c1cccc(-n2cc(CCCCC(=O)O)nn2)c1. The Morgan fingerprint density at radius 2 is 2.14 bits per heavy atom. The van der Waals surface area contributed by atoms with Crippen molar-refractivity contribution < 1.29 is 9.90 Å². The van der Waals surface area contributed by atoms with Crippen LogP contribution in [-0.4, -0.2) is 26.1 Å². The molecule has 1 aromatic heterocycles. The van der Waals surface area contributed by atoms with Gasteiger partial charge in [-0.05, 0) is 42.9 Å². The molecule has 0 amide bonds. The van der Waals surface area contributed by atoms with Crippen LogP contribution in [-0.2, 0) is 11.2 Å². The molecule has 5 heteroatoms. The third-order valence-corrected chi connectivity index (χ3v) is 3.42. The van der Waals surface area contributed by atoms with E-state index < -0.39 is 5.97 Å². The van der Waals surface area contributed by atoms with Crippen LogP contribution in [0.4, 0.5) is 0 Å². The standard InChI is InChI=1S/C16H21N3O2/c1-12(2)13-6-5-8-15(10-13)19-11-14(17-18-19)7-3-4-9-16(20)21/h5-6,8,10-12H,3-4,7,9H2,1-2H3,(H,20,21). The second-order valence-corrected chi connectivity index (χ2v) is 5.50. The first kappa shape index (κ1) is 15.2. The highest BCUT2D eigenvalue weighted by molar-refractivity contribution is 5.66. The van der Waals surface area contributed by atoms with E-state index >= 15 is 0 Å². The van der Waals surface area contributed by atoms with E-state index in [9.17, 15) is 4.79 Å². The van der Waals surface area contributed by atoms with Crippen molar-refractivity contribution in [1.82, 2.24) is 15.0 Å². The number of aryl methyl sites for hydroxylation is 1. The number of nitrogens with zero attached hydrogens (tertiary/aromatic N) is 3. The van der Waals surface area contributed by atoms with Crippen LogP contribution >= 0.6 is 0 Å². The minimum Gasteiger partial charge on any atom is -0.481 e. The number of rotatable bonds is 7. The predicted octanol–water partition coefficient (Wildman–Crippen LogP) is 3.19. The number of carboxylic acids is 1. The van der Waals surface area contributed by atoms with Crippen molar-refractivity contribution in [3.05, 3.63) is 41.7 Å². The summed E-state index contributed by atoms with van der Waals surface area (Å²) >= 11 is 0. The maximum atomic E-state index is 10.5. The maximum Gasteiger partial charge on any atom is 0.303 e. The van der Waals surface area contributed by atoms with Gasteiger partial charge in [0, 0.05) is 6.42 Å². The molecule has 5 nitrogen and oxygen atoms in total. The minimum absolute atomic E-state index is 0.213. The topological polar surface area (TPSA) is 68.0 Å². The van der Waals surface area contributed by atoms with E-state index in [2.05, 4.69) is 36.3 Å². The second kappa shape index (κ2) is 7.02. The first-order chi connectivity index (χ1) is 10.1. The molecular formula is C16H21N3O2. The van der Waals surface area contributed by atoms with Crippen LogP contribution in [0.3, 0.4) is 0 Å². The van der Waals surface area contributed by atoms with E-state index in [-0.39, 0.29) is 6.42 Å². The quantitative estimate of drug-likeness (QED) is 0.794. The van der Waals surface area contributed by atoms with Crippen molar-refractivity contribution in [2.75, 3.05) is 0 Å². The first-order valence-corrected chi connectivity index (χ1v) is 7.29. The molecule has 1 heterocycles. The highest BCUT2D eigenvalue weighted by Gasteiger charge is 2.06. The first-order valence-electron chi connectivity index (χ1n) is 7.29. The molecular weight excluding hydrogens is 266 g/mol. The van der Waals surface area contributed by atoms with Gasteiger partial charge in [-0.2, -0.15) is 0 Å². The summed E-state index contributed by atoms with van der Waals surface area (Å²) in [4.78, 5) is 10.5. The molecule has 0 spiro atoms. The normalized spacial score (nSPS) is 11.0. The largest absolute Gasteiger partial charge is 0.481 e. The lowest BCUT2D eigenvalue weighted by atomic mass is 10.0. The Morgan fingerprint density at radius 1 is 1.33 bits per heavy atom. The number of hydrogen-bond donors (Lipinski definition) is 1. The molecule has 1 N–H and O–H groups in total. The Morgan fingerprint density at radius 3 is 2.86 bits per heavy atom. The fourth-order valence-electron chi connectivity index (χ4n) is 2.15. The van der Waals surface area contributed by atoms with Crippen LogP contribution in [0.25, 0.3) is 5.69 Å². The third kappa shape index (κ3) is 4.41. The summed E-state index contributed by atoms with van der Waals surface area (Å²) in [6.07, 6.45) is 4.38. The number of benzene rings is 1. The average molecular weight is 287 g/mol. The van der Waals surface area contributed by atoms with Gasteiger partial charge in [-0.25, -0.2) is 4.68 Å². The number of aliphatic carboxylic acids is 1. The smallest absolute Gasteiger partial charge is 0.303 e. The fourth-order valence-corrected chi connectivity index (χ4v) is 2.15. The lowest BCUT2D eigenvalue weighted by Gasteiger charge is -2.07. The molecule has 112 valence electrons. The minimum atomic E-state index is -0.746. The molecule has 21 heavy (non-hydrogen) atoms. The summed E-state index contributed by atoms with van der Waals surface area (Å²) in [6, 6.07) is 8.26. The van der Waals surface area contributed by atoms with E-state index in [1.165, 1.54) is 5.56 Å². The molecule has 0 aliphatic heterocycles. The Bertz CT molecular complexity index is 605. The third-order valence-electron chi connectivity index (χ3n) is 3.42. The van der Waals surface area contributed by atoms with E-state index in [0.717, 1.165) is 24.2 Å². The molecule has 0 fully saturated rings. The van der Waals surface area contributed by atoms with Crippen molar-refractivity contribution >= 4 is 5.97 Å². The Hall–Kier alpha value is -2.17. The maximum absolute atomic E-state index is 10.5. The van der Waals surface area contributed by atoms with Crippen LogP contribution in [0.2, 0.25) is 0 Å². The van der Waals surface area contributed by atoms with Crippen molar-refractivity contribution in [3.8, 4) is 5.69 Å². The van der Waals surface area contributed by atoms with Crippen LogP contribution in [0.15, 0.2) is 30.5 Å². The van der Waals surface area contributed by atoms with Gasteiger partial charge in [0.25, 0.3) is 0 Å². The Balaban J connectivity index is 1.99. The van der Waals surface area contributed by atoms with Crippen molar-refractivity contribution in [3.63, 3.8) is 0 Å². The van der Waals surface area contributed by atoms with Gasteiger partial charge < -0.3 is 5.11 Å². The van der Waals surface area contributed by atoms with Gasteiger partial charge in [0.05, 0.1) is 17.6 Å². The average Bonchev–Trinajstić information content (AvgIpc) is 2.92. The molecule has 0 aliphatic rings. The summed E-state index contributed by atoms with van der Waals surface area (Å²) in [5.41, 5.74) is 3.17. The zero-order valence-corrected chi connectivity index (χ0v) is 12.5. The molecule has 0 saturated heterocycles. The summed E-state index contributed by atoms with van der Waals surface area (Å²) in [5.74, 6) is -0.270. The van der Waals surface area contributed by atoms with Crippen LogP contribution in [0, 0.1) is 0 Å². The van der Waals surface area contributed by atoms with E-state index in [1.54, 1.807) is 4.68 Å². The van der Waals surface area contributed by atoms with E-state index in [0.29, 0.717) is 12.3 Å².